The van der Waals surface area contributed by atoms with Gasteiger partial charge in [-0.05, 0) is 75.7 Å². The van der Waals surface area contributed by atoms with Crippen LogP contribution in [0, 0.1) is 12.3 Å². The highest BCUT2D eigenvalue weighted by molar-refractivity contribution is 9.24. The van der Waals surface area contributed by atoms with Crippen LogP contribution in [0.2, 0.25) is 6.82 Å². The number of halogens is 2. The summed E-state index contributed by atoms with van der Waals surface area (Å²) in [6, 6.07) is 10.8. The van der Waals surface area contributed by atoms with Gasteiger partial charge in [0.1, 0.15) is 5.75 Å². The minimum absolute atomic E-state index is 0.0402. The van der Waals surface area contributed by atoms with Crippen molar-refractivity contribution >= 4 is 56.1 Å². The van der Waals surface area contributed by atoms with Crippen LogP contribution < -0.4 is 15.5 Å². The van der Waals surface area contributed by atoms with Gasteiger partial charge in [-0.15, -0.1) is 0 Å². The Morgan fingerprint density at radius 3 is 2.19 bits per heavy atom. The Labute approximate surface area is 269 Å². The summed E-state index contributed by atoms with van der Waals surface area (Å²) in [4.78, 5) is 29.3. The largest absolute Gasteiger partial charge is 0.496 e. The topological polar surface area (TPSA) is 88.1 Å². The first kappa shape index (κ1) is 36.3. The molecular formula is C32H47BBr2N2O5. The third-order valence-electron chi connectivity index (χ3n) is 8.13. The third kappa shape index (κ3) is 8.61. The first-order valence-corrected chi connectivity index (χ1v) is 16.1. The van der Waals surface area contributed by atoms with Gasteiger partial charge in [-0.25, -0.2) is 0 Å². The third-order valence-corrected chi connectivity index (χ3v) is 9.12. The molecular weight excluding hydrogens is 663 g/mol. The number of amides is 2. The molecule has 0 aliphatic carbocycles. The van der Waals surface area contributed by atoms with E-state index in [1.807, 2.05) is 52.7 Å². The SMILES string of the molecule is CC[C@@H](N(CNC(=O)c1cccc(OC)c1C)C(=O)c1ccc(C(Br)Br)c(B(C)OC(C)(C)C(C)(C)O)c1)C(C)(C)C. The summed E-state index contributed by atoms with van der Waals surface area (Å²) in [6.07, 6.45) is 0.707. The summed E-state index contributed by atoms with van der Waals surface area (Å²) in [5, 5.41) is 13.7. The van der Waals surface area contributed by atoms with E-state index in [2.05, 4.69) is 57.9 Å². The van der Waals surface area contributed by atoms with Gasteiger partial charge in [-0.2, -0.15) is 0 Å². The van der Waals surface area contributed by atoms with Gasteiger partial charge in [0.15, 0.2) is 0 Å². The van der Waals surface area contributed by atoms with Gasteiger partial charge < -0.3 is 24.7 Å². The first-order valence-electron chi connectivity index (χ1n) is 14.3. The predicted molar refractivity (Wildman–Crippen MR) is 180 cm³/mol. The molecule has 2 amide bonds. The second kappa shape index (κ2) is 14.3. The van der Waals surface area contributed by atoms with Crippen molar-refractivity contribution in [3.63, 3.8) is 0 Å². The standard InChI is InChI=1S/C32H47BBr2N2O5/c1-12-26(30(3,4)5)37(19-36-28(38)22-14-13-15-25(41-11)20(22)2)29(39)21-16-17-23(27(34)35)24(18-21)33(10)42-32(8,9)31(6,7)40/h13-18,26-27,40H,12,19H2,1-11H3,(H,36,38)/t26-/m1/s1. The Kier molecular flexibility index (Phi) is 12.3. The molecule has 0 radical (unpaired) electrons. The van der Waals surface area contributed by atoms with Crippen LogP contribution in [0.1, 0.15) is 97.4 Å². The molecule has 0 unspecified atom stereocenters. The number of hydrogen-bond acceptors (Lipinski definition) is 5. The van der Waals surface area contributed by atoms with Gasteiger partial charge in [0.05, 0.1) is 28.7 Å². The number of rotatable bonds is 12. The molecule has 0 aliphatic rings. The number of benzene rings is 2. The molecule has 232 valence electrons. The number of ether oxygens (including phenoxy) is 1. The number of carbonyl (C=O) groups is 2. The van der Waals surface area contributed by atoms with Crippen molar-refractivity contribution < 1.29 is 24.1 Å². The van der Waals surface area contributed by atoms with Crippen molar-refractivity contribution in [3.8, 4) is 5.75 Å². The van der Waals surface area contributed by atoms with E-state index >= 15 is 0 Å². The van der Waals surface area contributed by atoms with Crippen LogP contribution in [0.15, 0.2) is 36.4 Å². The van der Waals surface area contributed by atoms with Gasteiger partial charge in [-0.3, -0.25) is 9.59 Å². The quantitative estimate of drug-likeness (QED) is 0.143. The molecule has 0 fully saturated rings. The van der Waals surface area contributed by atoms with Crippen LogP contribution >= 0.6 is 31.9 Å². The van der Waals surface area contributed by atoms with Crippen LogP contribution in [-0.2, 0) is 4.65 Å². The highest BCUT2D eigenvalue weighted by Gasteiger charge is 2.39. The fraction of sp³-hybridized carbons (Fsp3) is 0.562. The van der Waals surface area contributed by atoms with Crippen molar-refractivity contribution in [2.45, 2.75) is 96.5 Å². The van der Waals surface area contributed by atoms with Gasteiger partial charge >= 0.3 is 6.92 Å². The summed E-state index contributed by atoms with van der Waals surface area (Å²) in [6.45, 7) is 18.8. The van der Waals surface area contributed by atoms with E-state index in [1.54, 1.807) is 44.1 Å². The summed E-state index contributed by atoms with van der Waals surface area (Å²) in [5.41, 5.74) is 1.27. The Balaban J connectivity index is 2.52. The lowest BCUT2D eigenvalue weighted by Gasteiger charge is -2.40. The summed E-state index contributed by atoms with van der Waals surface area (Å²) in [5.74, 6) is 0.161. The fourth-order valence-electron chi connectivity index (χ4n) is 5.03. The van der Waals surface area contributed by atoms with E-state index in [9.17, 15) is 14.7 Å². The number of aliphatic hydroxyl groups is 1. The van der Waals surface area contributed by atoms with E-state index in [-0.39, 0.29) is 33.7 Å². The number of hydrogen-bond donors (Lipinski definition) is 2. The maximum atomic E-state index is 14.3. The van der Waals surface area contributed by atoms with E-state index in [0.29, 0.717) is 23.3 Å². The lowest BCUT2D eigenvalue weighted by atomic mass is 9.60. The number of nitrogens with zero attached hydrogens (tertiary/aromatic N) is 1. The molecule has 2 aromatic carbocycles. The van der Waals surface area contributed by atoms with Crippen LogP contribution in [-0.4, -0.2) is 59.8 Å². The molecule has 0 bridgehead atoms. The van der Waals surface area contributed by atoms with E-state index in [4.69, 9.17) is 9.39 Å². The van der Waals surface area contributed by atoms with Crippen LogP contribution in [0.25, 0.3) is 0 Å². The van der Waals surface area contributed by atoms with Gasteiger partial charge in [0.2, 0.25) is 0 Å². The summed E-state index contributed by atoms with van der Waals surface area (Å²) >= 11 is 7.22. The maximum Gasteiger partial charge on any atom is 0.324 e. The highest BCUT2D eigenvalue weighted by Crippen LogP contribution is 2.32. The minimum atomic E-state index is -1.09. The van der Waals surface area contributed by atoms with Crippen molar-refractivity contribution in [3.05, 3.63) is 58.7 Å². The first-order chi connectivity index (χ1) is 19.3. The van der Waals surface area contributed by atoms with Crippen molar-refractivity contribution in [2.75, 3.05) is 13.8 Å². The Morgan fingerprint density at radius 2 is 1.69 bits per heavy atom. The molecule has 0 saturated carbocycles. The lowest BCUT2D eigenvalue weighted by molar-refractivity contribution is -0.0918. The lowest BCUT2D eigenvalue weighted by Crippen LogP contribution is -2.53. The molecule has 0 aliphatic heterocycles. The number of alkyl halides is 2. The Hall–Kier alpha value is -1.88. The Bertz CT molecular complexity index is 1250. The second-order valence-corrected chi connectivity index (χ2v) is 15.9. The summed E-state index contributed by atoms with van der Waals surface area (Å²) in [7, 11) is 1.57. The van der Waals surface area contributed by atoms with E-state index < -0.39 is 18.1 Å². The zero-order valence-electron chi connectivity index (χ0n) is 26.9. The van der Waals surface area contributed by atoms with Crippen molar-refractivity contribution in [2.24, 2.45) is 5.41 Å². The highest BCUT2D eigenvalue weighted by atomic mass is 79.9. The number of nitrogens with one attached hydrogen (secondary N) is 1. The number of methoxy groups -OCH3 is 1. The Morgan fingerprint density at radius 1 is 1.07 bits per heavy atom. The second-order valence-electron chi connectivity index (χ2n) is 12.8. The molecule has 0 saturated heterocycles. The molecule has 0 aromatic heterocycles. The smallest absolute Gasteiger partial charge is 0.324 e. The summed E-state index contributed by atoms with van der Waals surface area (Å²) < 4.78 is 11.6. The van der Waals surface area contributed by atoms with Crippen molar-refractivity contribution in [1.29, 1.82) is 0 Å². The molecule has 7 nitrogen and oxygen atoms in total. The molecule has 42 heavy (non-hydrogen) atoms. The van der Waals surface area contributed by atoms with E-state index in [1.165, 1.54) is 0 Å². The fourth-order valence-corrected chi connectivity index (χ4v) is 5.87. The molecule has 0 spiro atoms. The average Bonchev–Trinajstić information content (AvgIpc) is 2.88. The van der Waals surface area contributed by atoms with Crippen LogP contribution in [0.3, 0.4) is 0 Å². The normalized spacial score (nSPS) is 13.1. The van der Waals surface area contributed by atoms with Gasteiger partial charge in [0, 0.05) is 22.7 Å². The predicted octanol–water partition coefficient (Wildman–Crippen LogP) is 6.84. The van der Waals surface area contributed by atoms with Crippen LogP contribution in [0.4, 0.5) is 0 Å². The zero-order valence-corrected chi connectivity index (χ0v) is 30.1. The number of carbonyl (C=O) groups excluding carboxylic acids is 2. The molecule has 2 aromatic rings. The van der Waals surface area contributed by atoms with Crippen LogP contribution in [0.5, 0.6) is 5.75 Å². The monoisotopic (exact) mass is 708 g/mol. The van der Waals surface area contributed by atoms with Gasteiger partial charge in [0.25, 0.3) is 11.8 Å². The maximum absolute atomic E-state index is 14.3. The van der Waals surface area contributed by atoms with Crippen molar-refractivity contribution in [1.82, 2.24) is 10.2 Å². The minimum Gasteiger partial charge on any atom is -0.496 e. The zero-order chi connectivity index (χ0) is 32.2. The average molecular weight is 710 g/mol. The molecule has 2 rings (SSSR count). The molecule has 10 heteroatoms. The van der Waals surface area contributed by atoms with Gasteiger partial charge in [-0.1, -0.05) is 84.6 Å². The molecule has 0 heterocycles. The molecule has 2 N–H and O–H groups in total. The molecule has 1 atom stereocenters. The van der Waals surface area contributed by atoms with E-state index in [0.717, 1.165) is 16.6 Å².